The number of hydrogen-bond acceptors (Lipinski definition) is 4. The van der Waals surface area contributed by atoms with Crippen molar-refractivity contribution >= 4 is 29.2 Å². The molecule has 0 aromatic carbocycles. The first kappa shape index (κ1) is 15.5. The molecular formula is C14H18N2O4S. The minimum atomic E-state index is -0.938. The van der Waals surface area contributed by atoms with Crippen LogP contribution in [0, 0.1) is 0 Å². The Kier molecular flexibility index (Phi) is 5.32. The largest absolute Gasteiger partial charge is 0.481 e. The molecule has 114 valence electrons. The Labute approximate surface area is 126 Å². The third kappa shape index (κ3) is 5.18. The Bertz CT molecular complexity index is 511. The first-order valence-corrected chi connectivity index (χ1v) is 7.79. The zero-order valence-electron chi connectivity index (χ0n) is 11.6. The van der Waals surface area contributed by atoms with Gasteiger partial charge in [-0.1, -0.05) is 6.07 Å². The standard InChI is InChI=1S/C14H18N2O4S/c17-12(4-1-5-13(18)19)15-14(20)16(10-6-7-10)9-11-3-2-8-21-11/h2-3,8,10H,1,4-7,9H2,(H,18,19)(H,15,17,20). The van der Waals surface area contributed by atoms with Gasteiger partial charge in [-0.3, -0.25) is 14.9 Å². The van der Waals surface area contributed by atoms with E-state index in [-0.39, 0.29) is 31.3 Å². The Balaban J connectivity index is 1.81. The van der Waals surface area contributed by atoms with Crippen LogP contribution < -0.4 is 5.32 Å². The second-order valence-corrected chi connectivity index (χ2v) is 6.07. The molecule has 7 heteroatoms. The Hall–Kier alpha value is -1.89. The zero-order valence-corrected chi connectivity index (χ0v) is 12.4. The van der Waals surface area contributed by atoms with Crippen LogP contribution in [-0.2, 0) is 16.1 Å². The summed E-state index contributed by atoms with van der Waals surface area (Å²) in [6.45, 7) is 0.510. The van der Waals surface area contributed by atoms with Crippen molar-refractivity contribution in [2.24, 2.45) is 0 Å². The van der Waals surface area contributed by atoms with Crippen LogP contribution in [0.1, 0.15) is 37.0 Å². The number of nitrogens with one attached hydrogen (secondary N) is 1. The van der Waals surface area contributed by atoms with Gasteiger partial charge in [-0.05, 0) is 30.7 Å². The predicted octanol–water partition coefficient (Wildman–Crippen LogP) is 2.20. The maximum Gasteiger partial charge on any atom is 0.324 e. The Morgan fingerprint density at radius 2 is 2.10 bits per heavy atom. The summed E-state index contributed by atoms with van der Waals surface area (Å²) in [6, 6.07) is 3.72. The highest BCUT2D eigenvalue weighted by atomic mass is 32.1. The highest BCUT2D eigenvalue weighted by molar-refractivity contribution is 7.09. The van der Waals surface area contributed by atoms with E-state index in [2.05, 4.69) is 5.32 Å². The fourth-order valence-corrected chi connectivity index (χ4v) is 2.68. The van der Waals surface area contributed by atoms with E-state index in [0.29, 0.717) is 6.54 Å². The molecule has 1 heterocycles. The lowest BCUT2D eigenvalue weighted by molar-refractivity contribution is -0.137. The number of carbonyl (C=O) groups is 3. The molecule has 1 aromatic rings. The van der Waals surface area contributed by atoms with Gasteiger partial charge in [0.1, 0.15) is 0 Å². The molecule has 0 unspecified atom stereocenters. The Morgan fingerprint density at radius 3 is 2.67 bits per heavy atom. The summed E-state index contributed by atoms with van der Waals surface area (Å²) in [5.41, 5.74) is 0. The maximum absolute atomic E-state index is 12.1. The van der Waals surface area contributed by atoms with Crippen molar-refractivity contribution in [2.45, 2.75) is 44.7 Å². The monoisotopic (exact) mass is 310 g/mol. The summed E-state index contributed by atoms with van der Waals surface area (Å²) in [7, 11) is 0. The highest BCUT2D eigenvalue weighted by Crippen LogP contribution is 2.29. The number of imide groups is 1. The van der Waals surface area contributed by atoms with Crippen molar-refractivity contribution in [3.8, 4) is 0 Å². The number of urea groups is 1. The van der Waals surface area contributed by atoms with Gasteiger partial charge in [-0.15, -0.1) is 11.3 Å². The lowest BCUT2D eigenvalue weighted by Crippen LogP contribution is -2.43. The second-order valence-electron chi connectivity index (χ2n) is 5.04. The van der Waals surface area contributed by atoms with Crippen molar-refractivity contribution in [1.82, 2.24) is 10.2 Å². The van der Waals surface area contributed by atoms with E-state index in [1.54, 1.807) is 16.2 Å². The number of hydrogen-bond donors (Lipinski definition) is 2. The number of rotatable bonds is 7. The zero-order chi connectivity index (χ0) is 15.2. The maximum atomic E-state index is 12.1. The summed E-state index contributed by atoms with van der Waals surface area (Å²) in [5.74, 6) is -1.36. The Morgan fingerprint density at radius 1 is 1.33 bits per heavy atom. The van der Waals surface area contributed by atoms with Gasteiger partial charge >= 0.3 is 12.0 Å². The van der Waals surface area contributed by atoms with Crippen molar-refractivity contribution in [3.63, 3.8) is 0 Å². The van der Waals surface area contributed by atoms with E-state index < -0.39 is 11.9 Å². The highest BCUT2D eigenvalue weighted by Gasteiger charge is 2.33. The summed E-state index contributed by atoms with van der Waals surface area (Å²) >= 11 is 1.58. The van der Waals surface area contributed by atoms with Gasteiger partial charge in [-0.25, -0.2) is 4.79 Å². The molecule has 3 amide bonds. The van der Waals surface area contributed by atoms with E-state index in [4.69, 9.17) is 5.11 Å². The van der Waals surface area contributed by atoms with Crippen molar-refractivity contribution in [1.29, 1.82) is 0 Å². The molecule has 1 saturated carbocycles. The number of carboxylic acid groups (broad SMARTS) is 1. The molecule has 1 aromatic heterocycles. The lowest BCUT2D eigenvalue weighted by atomic mass is 10.2. The van der Waals surface area contributed by atoms with Crippen LogP contribution in [0.4, 0.5) is 4.79 Å². The molecule has 0 atom stereocenters. The van der Waals surface area contributed by atoms with Crippen molar-refractivity contribution < 1.29 is 19.5 Å². The number of thiophene rings is 1. The second kappa shape index (κ2) is 7.21. The average Bonchev–Trinajstić information content (AvgIpc) is 3.12. The molecule has 2 rings (SSSR count). The summed E-state index contributed by atoms with van der Waals surface area (Å²) < 4.78 is 0. The van der Waals surface area contributed by atoms with Crippen LogP contribution in [-0.4, -0.2) is 34.0 Å². The molecule has 1 fully saturated rings. The first-order valence-electron chi connectivity index (χ1n) is 6.91. The van der Waals surface area contributed by atoms with Crippen LogP contribution in [0.3, 0.4) is 0 Å². The first-order chi connectivity index (χ1) is 10.1. The quantitative estimate of drug-likeness (QED) is 0.808. The van der Waals surface area contributed by atoms with Crippen LogP contribution in [0.15, 0.2) is 17.5 Å². The SMILES string of the molecule is O=C(O)CCCC(=O)NC(=O)N(Cc1cccs1)C1CC1. The topological polar surface area (TPSA) is 86.7 Å². The van der Waals surface area contributed by atoms with Gasteiger partial charge in [0.05, 0.1) is 6.54 Å². The van der Waals surface area contributed by atoms with Gasteiger partial charge in [0.25, 0.3) is 0 Å². The van der Waals surface area contributed by atoms with Crippen molar-refractivity contribution in [2.75, 3.05) is 0 Å². The van der Waals surface area contributed by atoms with E-state index in [0.717, 1.165) is 17.7 Å². The molecule has 2 N–H and O–H groups in total. The van der Waals surface area contributed by atoms with Gasteiger partial charge < -0.3 is 10.0 Å². The summed E-state index contributed by atoms with van der Waals surface area (Å²) in [5, 5.41) is 12.8. The summed E-state index contributed by atoms with van der Waals surface area (Å²) in [6.07, 6.45) is 2.15. The normalized spacial score (nSPS) is 13.7. The molecule has 1 aliphatic rings. The number of aliphatic carboxylic acids is 1. The van der Waals surface area contributed by atoms with Gasteiger partial charge in [0.2, 0.25) is 5.91 Å². The smallest absolute Gasteiger partial charge is 0.324 e. The molecule has 0 spiro atoms. The van der Waals surface area contributed by atoms with Gasteiger partial charge in [0, 0.05) is 23.8 Å². The molecule has 0 bridgehead atoms. The molecule has 0 aliphatic heterocycles. The van der Waals surface area contributed by atoms with Gasteiger partial charge in [0.15, 0.2) is 0 Å². The van der Waals surface area contributed by atoms with Gasteiger partial charge in [-0.2, -0.15) is 0 Å². The minimum absolute atomic E-state index is 0.0511. The molecular weight excluding hydrogens is 292 g/mol. The van der Waals surface area contributed by atoms with Crippen LogP contribution in [0.25, 0.3) is 0 Å². The molecule has 6 nitrogen and oxygen atoms in total. The fourth-order valence-electron chi connectivity index (χ4n) is 1.98. The molecule has 0 saturated heterocycles. The average molecular weight is 310 g/mol. The fraction of sp³-hybridized carbons (Fsp3) is 0.500. The number of nitrogens with zero attached hydrogens (tertiary/aromatic N) is 1. The van der Waals surface area contributed by atoms with Crippen LogP contribution >= 0.6 is 11.3 Å². The third-order valence-electron chi connectivity index (χ3n) is 3.20. The van der Waals surface area contributed by atoms with Crippen molar-refractivity contribution in [3.05, 3.63) is 22.4 Å². The van der Waals surface area contributed by atoms with E-state index in [9.17, 15) is 14.4 Å². The van der Waals surface area contributed by atoms with E-state index in [1.807, 2.05) is 17.5 Å². The molecule has 21 heavy (non-hydrogen) atoms. The third-order valence-corrected chi connectivity index (χ3v) is 4.06. The number of carbonyl (C=O) groups excluding carboxylic acids is 2. The minimum Gasteiger partial charge on any atom is -0.481 e. The predicted molar refractivity (Wildman–Crippen MR) is 77.9 cm³/mol. The summed E-state index contributed by atoms with van der Waals surface area (Å²) in [4.78, 5) is 36.9. The molecule has 1 aliphatic carbocycles. The number of amides is 3. The van der Waals surface area contributed by atoms with Crippen LogP contribution in [0.2, 0.25) is 0 Å². The molecule has 0 radical (unpaired) electrons. The number of carboxylic acids is 1. The van der Waals surface area contributed by atoms with E-state index >= 15 is 0 Å². The van der Waals surface area contributed by atoms with Crippen LogP contribution in [0.5, 0.6) is 0 Å². The van der Waals surface area contributed by atoms with E-state index in [1.165, 1.54) is 0 Å². The lowest BCUT2D eigenvalue weighted by Gasteiger charge is -2.21.